The van der Waals surface area contributed by atoms with Crippen LogP contribution in [0.5, 0.6) is 5.75 Å². The average molecular weight is 386 g/mol. The van der Waals surface area contributed by atoms with Gasteiger partial charge in [-0.2, -0.15) is 0 Å². The number of ether oxygens (including phenoxy) is 1. The van der Waals surface area contributed by atoms with E-state index < -0.39 is 0 Å². The van der Waals surface area contributed by atoms with E-state index in [-0.39, 0.29) is 11.4 Å². The van der Waals surface area contributed by atoms with Gasteiger partial charge in [0.2, 0.25) is 0 Å². The fraction of sp³-hybridized carbons (Fsp3) is 0.240. The van der Waals surface area contributed by atoms with Gasteiger partial charge in [-0.05, 0) is 36.1 Å². The molecule has 1 N–H and O–H groups in total. The van der Waals surface area contributed by atoms with Gasteiger partial charge in [-0.25, -0.2) is 0 Å². The fourth-order valence-corrected chi connectivity index (χ4v) is 3.83. The Bertz CT molecular complexity index is 1180. The number of carbonyl (C=O) groups is 1. The fourth-order valence-electron chi connectivity index (χ4n) is 3.83. The molecule has 0 fully saturated rings. The number of esters is 1. The van der Waals surface area contributed by atoms with E-state index in [1.165, 1.54) is 17.7 Å². The number of aryl methyl sites for hydroxylation is 1. The second kappa shape index (κ2) is 6.96. The number of carbonyl (C=O) groups excluding carboxylic acids is 1. The lowest BCUT2D eigenvalue weighted by atomic mass is 9.85. The van der Waals surface area contributed by atoms with E-state index >= 15 is 0 Å². The Labute approximate surface area is 171 Å². The Balaban J connectivity index is 1.97. The first-order valence-corrected chi connectivity index (χ1v) is 9.84. The first-order chi connectivity index (χ1) is 13.8. The lowest BCUT2D eigenvalue weighted by Gasteiger charge is -2.25. The van der Waals surface area contributed by atoms with Crippen LogP contribution in [0.1, 0.15) is 38.8 Å². The van der Waals surface area contributed by atoms with Crippen molar-refractivity contribution in [2.75, 3.05) is 5.43 Å². The molecule has 1 heterocycles. The monoisotopic (exact) mass is 386 g/mol. The summed E-state index contributed by atoms with van der Waals surface area (Å²) in [4.78, 5) is 11.9. The van der Waals surface area contributed by atoms with Crippen molar-refractivity contribution in [2.24, 2.45) is 0 Å². The van der Waals surface area contributed by atoms with Crippen LogP contribution in [-0.2, 0) is 10.2 Å². The zero-order valence-corrected chi connectivity index (χ0v) is 17.5. The number of hydrogen-bond acceptors (Lipinski definition) is 3. The highest BCUT2D eigenvalue weighted by Gasteiger charge is 2.24. The average Bonchev–Trinajstić information content (AvgIpc) is 2.97. The smallest absolute Gasteiger partial charge is 0.308 e. The molecular weight excluding hydrogens is 360 g/mol. The number of nitrogens with one attached hydrogen (secondary N) is 1. The quantitative estimate of drug-likeness (QED) is 0.337. The Hall–Kier alpha value is -3.27. The number of fused-ring (bicyclic) bond motifs is 3. The van der Waals surface area contributed by atoms with Crippen LogP contribution in [-0.4, -0.2) is 10.6 Å². The summed E-state index contributed by atoms with van der Waals surface area (Å²) in [5.41, 5.74) is 8.38. The summed E-state index contributed by atoms with van der Waals surface area (Å²) in [6.07, 6.45) is 0. The molecule has 0 aliphatic rings. The molecule has 1 aromatic heterocycles. The minimum absolute atomic E-state index is 0.173. The van der Waals surface area contributed by atoms with Gasteiger partial charge in [0.05, 0.1) is 16.7 Å². The van der Waals surface area contributed by atoms with Crippen molar-refractivity contribution in [1.29, 1.82) is 0 Å². The molecule has 0 atom stereocenters. The zero-order chi connectivity index (χ0) is 20.8. The van der Waals surface area contributed by atoms with Gasteiger partial charge >= 0.3 is 5.97 Å². The molecule has 3 aromatic carbocycles. The van der Waals surface area contributed by atoms with Crippen LogP contribution < -0.4 is 10.2 Å². The van der Waals surface area contributed by atoms with Crippen molar-refractivity contribution >= 4 is 33.5 Å². The molecule has 0 saturated heterocycles. The van der Waals surface area contributed by atoms with Crippen molar-refractivity contribution in [2.45, 2.75) is 40.0 Å². The summed E-state index contributed by atoms with van der Waals surface area (Å²) in [5.74, 6) is 0.252. The topological polar surface area (TPSA) is 43.3 Å². The van der Waals surface area contributed by atoms with Gasteiger partial charge in [-0.3, -0.25) is 14.9 Å². The molecule has 0 aliphatic heterocycles. The van der Waals surface area contributed by atoms with E-state index in [0.29, 0.717) is 5.75 Å². The number of rotatable bonds is 3. The maximum atomic E-state index is 11.9. The number of anilines is 1. The highest BCUT2D eigenvalue weighted by atomic mass is 16.5. The van der Waals surface area contributed by atoms with E-state index in [9.17, 15) is 4.79 Å². The van der Waals surface area contributed by atoms with Crippen molar-refractivity contribution in [3.8, 4) is 5.75 Å². The molecule has 4 heteroatoms. The molecule has 0 saturated carbocycles. The summed E-state index contributed by atoms with van der Waals surface area (Å²) >= 11 is 0. The second-order valence-corrected chi connectivity index (χ2v) is 8.51. The van der Waals surface area contributed by atoms with Gasteiger partial charge in [0.1, 0.15) is 0 Å². The SMILES string of the molecule is CC(=O)Oc1c(Nn2c3ccccc3c3ccccc32)cc(C)cc1C(C)(C)C. The molecular formula is C25H26N2O2. The predicted molar refractivity (Wildman–Crippen MR) is 120 cm³/mol. The minimum Gasteiger partial charge on any atom is -0.424 e. The van der Waals surface area contributed by atoms with E-state index in [1.54, 1.807) is 0 Å². The highest BCUT2D eigenvalue weighted by Crippen LogP contribution is 2.39. The largest absolute Gasteiger partial charge is 0.424 e. The standard InChI is InChI=1S/C25H26N2O2/c1-16-14-20(25(3,4)5)24(29-17(2)28)21(15-16)26-27-22-12-8-6-10-18(22)19-11-7-9-13-23(19)27/h6-15,26H,1-5H3. The molecule has 4 rings (SSSR count). The van der Waals surface area contributed by atoms with E-state index in [1.807, 2.05) is 30.3 Å². The van der Waals surface area contributed by atoms with Gasteiger partial charge in [0.15, 0.2) is 5.75 Å². The van der Waals surface area contributed by atoms with E-state index in [0.717, 1.165) is 27.8 Å². The van der Waals surface area contributed by atoms with Gasteiger partial charge in [-0.1, -0.05) is 63.2 Å². The summed E-state index contributed by atoms with van der Waals surface area (Å²) < 4.78 is 7.78. The maximum Gasteiger partial charge on any atom is 0.308 e. The predicted octanol–water partition coefficient (Wildman–Crippen LogP) is 6.20. The van der Waals surface area contributed by atoms with Crippen LogP contribution in [0, 0.1) is 6.92 Å². The van der Waals surface area contributed by atoms with Gasteiger partial charge < -0.3 is 4.74 Å². The molecule has 0 unspecified atom stereocenters. The summed E-state index contributed by atoms with van der Waals surface area (Å²) in [5, 5.41) is 2.35. The number of para-hydroxylation sites is 2. The summed E-state index contributed by atoms with van der Waals surface area (Å²) in [7, 11) is 0. The van der Waals surface area contributed by atoms with Gasteiger partial charge in [0.25, 0.3) is 0 Å². The maximum absolute atomic E-state index is 11.9. The molecule has 0 radical (unpaired) electrons. The van der Waals surface area contributed by atoms with Crippen molar-refractivity contribution in [3.63, 3.8) is 0 Å². The number of aromatic nitrogens is 1. The number of benzene rings is 3. The number of nitrogens with zero attached hydrogens (tertiary/aromatic N) is 1. The van der Waals surface area contributed by atoms with Crippen molar-refractivity contribution in [3.05, 3.63) is 71.8 Å². The zero-order valence-electron chi connectivity index (χ0n) is 17.5. The normalized spacial score (nSPS) is 11.8. The molecule has 148 valence electrons. The van der Waals surface area contributed by atoms with Gasteiger partial charge in [-0.15, -0.1) is 0 Å². The third-order valence-corrected chi connectivity index (χ3v) is 5.10. The van der Waals surface area contributed by atoms with Crippen LogP contribution in [0.2, 0.25) is 0 Å². The minimum atomic E-state index is -0.329. The molecule has 0 aliphatic carbocycles. The van der Waals surface area contributed by atoms with E-state index in [4.69, 9.17) is 4.74 Å². The van der Waals surface area contributed by atoms with E-state index in [2.05, 4.69) is 68.1 Å². The van der Waals surface area contributed by atoms with Crippen LogP contribution in [0.25, 0.3) is 21.8 Å². The third kappa shape index (κ3) is 3.46. The summed E-state index contributed by atoms with van der Waals surface area (Å²) in [6, 6.07) is 20.7. The van der Waals surface area contributed by atoms with Crippen molar-refractivity contribution in [1.82, 2.24) is 4.68 Å². The Morgan fingerprint density at radius 1 is 0.931 bits per heavy atom. The lowest BCUT2D eigenvalue weighted by molar-refractivity contribution is -0.131. The van der Waals surface area contributed by atoms with Crippen LogP contribution in [0.3, 0.4) is 0 Å². The highest BCUT2D eigenvalue weighted by molar-refractivity contribution is 6.08. The molecule has 0 bridgehead atoms. The first-order valence-electron chi connectivity index (χ1n) is 9.84. The molecule has 4 aromatic rings. The second-order valence-electron chi connectivity index (χ2n) is 8.51. The third-order valence-electron chi connectivity index (χ3n) is 5.10. The molecule has 0 amide bonds. The Morgan fingerprint density at radius 3 is 2.00 bits per heavy atom. The first kappa shape index (κ1) is 19.1. The molecule has 29 heavy (non-hydrogen) atoms. The van der Waals surface area contributed by atoms with Crippen molar-refractivity contribution < 1.29 is 9.53 Å². The van der Waals surface area contributed by atoms with Gasteiger partial charge in [0, 0.05) is 23.3 Å². The van der Waals surface area contributed by atoms with Crippen LogP contribution in [0.4, 0.5) is 5.69 Å². The number of hydrogen-bond donors (Lipinski definition) is 1. The molecule has 0 spiro atoms. The summed E-state index contributed by atoms with van der Waals surface area (Å²) in [6.45, 7) is 9.87. The Morgan fingerprint density at radius 2 is 1.48 bits per heavy atom. The lowest BCUT2D eigenvalue weighted by Crippen LogP contribution is -2.18. The Kier molecular flexibility index (Phi) is 4.58. The van der Waals surface area contributed by atoms with Crippen LogP contribution in [0.15, 0.2) is 60.7 Å². The molecule has 4 nitrogen and oxygen atoms in total. The van der Waals surface area contributed by atoms with Crippen LogP contribution >= 0.6 is 0 Å².